The Bertz CT molecular complexity index is 1200. The lowest BCUT2D eigenvalue weighted by Gasteiger charge is -2.35. The number of aromatic hydroxyl groups is 2. The van der Waals surface area contributed by atoms with Crippen molar-refractivity contribution in [1.82, 2.24) is 9.47 Å². The minimum atomic E-state index is -0.660. The summed E-state index contributed by atoms with van der Waals surface area (Å²) in [7, 11) is 0. The summed E-state index contributed by atoms with van der Waals surface area (Å²) in [5.74, 6) is -0.203. The average molecular weight is 539 g/mol. The lowest BCUT2D eigenvalue weighted by molar-refractivity contribution is -0.143. The van der Waals surface area contributed by atoms with Crippen LogP contribution in [0.15, 0.2) is 54.6 Å². The predicted molar refractivity (Wildman–Crippen MR) is 151 cm³/mol. The van der Waals surface area contributed by atoms with E-state index in [9.17, 15) is 20.1 Å². The van der Waals surface area contributed by atoms with Crippen LogP contribution in [0, 0.1) is 18.8 Å². The molecule has 0 aliphatic heterocycles. The van der Waals surface area contributed by atoms with Gasteiger partial charge in [-0.25, -0.2) is 0 Å². The molecular formula is C31H39ClN2O4. The molecule has 204 valence electrons. The van der Waals surface area contributed by atoms with Gasteiger partial charge in [0, 0.05) is 42.8 Å². The largest absolute Gasteiger partial charge is 0.494 e. The minimum Gasteiger partial charge on any atom is -0.494 e. The number of carboxylic acid groups (broad SMARTS) is 1. The topological polar surface area (TPSA) is 85.9 Å². The molecule has 2 aromatic carbocycles. The van der Waals surface area contributed by atoms with E-state index in [1.165, 1.54) is 39.0 Å². The minimum absolute atomic E-state index is 0.0842. The molecule has 0 amide bonds. The predicted octanol–water partition coefficient (Wildman–Crippen LogP) is 6.95. The second-order valence-corrected chi connectivity index (χ2v) is 11.2. The first-order chi connectivity index (χ1) is 18.2. The zero-order valence-electron chi connectivity index (χ0n) is 22.3. The van der Waals surface area contributed by atoms with Gasteiger partial charge in [-0.05, 0) is 92.7 Å². The Labute approximate surface area is 230 Å². The highest BCUT2D eigenvalue weighted by atomic mass is 35.5. The number of hydrogen-bond acceptors (Lipinski definition) is 4. The Morgan fingerprint density at radius 2 is 1.68 bits per heavy atom. The van der Waals surface area contributed by atoms with Gasteiger partial charge in [-0.3, -0.25) is 14.3 Å². The molecule has 3 N–H and O–H groups in total. The highest BCUT2D eigenvalue weighted by Gasteiger charge is 2.28. The van der Waals surface area contributed by atoms with Crippen LogP contribution in [0.2, 0.25) is 5.02 Å². The Kier molecular flexibility index (Phi) is 9.40. The molecule has 0 bridgehead atoms. The zero-order chi connectivity index (χ0) is 27.2. The van der Waals surface area contributed by atoms with E-state index in [1.807, 2.05) is 12.1 Å². The number of nitrogens with zero attached hydrogens (tertiary/aromatic N) is 2. The second-order valence-electron chi connectivity index (χ2n) is 10.8. The second kappa shape index (κ2) is 12.7. The van der Waals surface area contributed by atoms with Gasteiger partial charge in [-0.2, -0.15) is 0 Å². The van der Waals surface area contributed by atoms with Gasteiger partial charge in [0.1, 0.15) is 0 Å². The fraction of sp³-hybridized carbons (Fsp3) is 0.452. The third kappa shape index (κ3) is 7.12. The van der Waals surface area contributed by atoms with Crippen LogP contribution >= 0.6 is 11.6 Å². The fourth-order valence-corrected chi connectivity index (χ4v) is 5.84. The maximum Gasteiger partial charge on any atom is 0.306 e. The van der Waals surface area contributed by atoms with Gasteiger partial charge < -0.3 is 15.3 Å². The first kappa shape index (κ1) is 28.1. The molecule has 1 atom stereocenters. The van der Waals surface area contributed by atoms with E-state index in [0.717, 1.165) is 56.6 Å². The molecule has 0 saturated heterocycles. The molecule has 0 unspecified atom stereocenters. The summed E-state index contributed by atoms with van der Waals surface area (Å²) >= 11 is 6.15. The van der Waals surface area contributed by atoms with E-state index in [4.69, 9.17) is 11.6 Å². The normalized spacial score (nSPS) is 18.5. The van der Waals surface area contributed by atoms with Crippen molar-refractivity contribution in [1.29, 1.82) is 0 Å². The van der Waals surface area contributed by atoms with Crippen molar-refractivity contribution in [3.05, 3.63) is 81.9 Å². The van der Waals surface area contributed by atoms with Crippen LogP contribution in [0.4, 0.5) is 0 Å². The monoisotopic (exact) mass is 538 g/mol. The lowest BCUT2D eigenvalue weighted by atomic mass is 9.81. The Balaban J connectivity index is 1.43. The summed E-state index contributed by atoms with van der Waals surface area (Å²) in [5, 5.41) is 29.8. The zero-order valence-corrected chi connectivity index (χ0v) is 23.1. The molecule has 3 aromatic rings. The van der Waals surface area contributed by atoms with Gasteiger partial charge in [0.05, 0.1) is 5.92 Å². The van der Waals surface area contributed by atoms with E-state index in [0.29, 0.717) is 12.5 Å². The van der Waals surface area contributed by atoms with Crippen molar-refractivity contribution in [3.63, 3.8) is 0 Å². The number of aryl methyl sites for hydroxylation is 2. The van der Waals surface area contributed by atoms with E-state index in [2.05, 4.69) is 49.1 Å². The molecule has 1 aliphatic carbocycles. The molecule has 1 aliphatic rings. The van der Waals surface area contributed by atoms with Crippen LogP contribution in [0.1, 0.15) is 67.3 Å². The smallest absolute Gasteiger partial charge is 0.306 e. The Hall–Kier alpha value is -2.96. The van der Waals surface area contributed by atoms with E-state index in [-0.39, 0.29) is 23.7 Å². The summed E-state index contributed by atoms with van der Waals surface area (Å²) in [4.78, 5) is 13.9. The highest BCUT2D eigenvalue weighted by molar-refractivity contribution is 6.30. The quantitative estimate of drug-likeness (QED) is 0.246. The molecule has 38 heavy (non-hydrogen) atoms. The molecule has 7 heteroatoms. The molecule has 6 nitrogen and oxygen atoms in total. The van der Waals surface area contributed by atoms with Crippen LogP contribution in [0.25, 0.3) is 0 Å². The van der Waals surface area contributed by atoms with E-state index < -0.39 is 5.97 Å². The Morgan fingerprint density at radius 1 is 1.03 bits per heavy atom. The first-order valence-electron chi connectivity index (χ1n) is 13.6. The van der Waals surface area contributed by atoms with Crippen LogP contribution in [0.5, 0.6) is 11.8 Å². The number of hydrogen-bond donors (Lipinski definition) is 3. The first-order valence-corrected chi connectivity index (χ1v) is 14.0. The van der Waals surface area contributed by atoms with Gasteiger partial charge >= 0.3 is 5.97 Å². The van der Waals surface area contributed by atoms with E-state index >= 15 is 0 Å². The van der Waals surface area contributed by atoms with E-state index in [1.54, 1.807) is 0 Å². The number of aliphatic carboxylic acids is 1. The van der Waals surface area contributed by atoms with Gasteiger partial charge in [0.25, 0.3) is 0 Å². The molecule has 1 fully saturated rings. The summed E-state index contributed by atoms with van der Waals surface area (Å²) in [6.07, 6.45) is 5.09. The van der Waals surface area contributed by atoms with Crippen molar-refractivity contribution in [3.8, 4) is 11.8 Å². The van der Waals surface area contributed by atoms with Crippen molar-refractivity contribution in [2.24, 2.45) is 11.8 Å². The SMILES string of the molecule is Cc1cc(CN(CC2CCC(C(=O)O)CC2)[C@@H](C)c2ccc(Cl)cc2)ccc1CCCn1c(O)ccc1O. The number of rotatable bonds is 11. The number of benzene rings is 2. The molecule has 1 aromatic heterocycles. The van der Waals surface area contributed by atoms with Gasteiger partial charge in [0.2, 0.25) is 0 Å². The Morgan fingerprint density at radius 3 is 2.29 bits per heavy atom. The molecule has 1 heterocycles. The number of carboxylic acids is 1. The molecular weight excluding hydrogens is 500 g/mol. The van der Waals surface area contributed by atoms with Crippen molar-refractivity contribution < 1.29 is 20.1 Å². The third-order valence-electron chi connectivity index (χ3n) is 8.14. The highest BCUT2D eigenvalue weighted by Crippen LogP contribution is 2.33. The maximum absolute atomic E-state index is 11.4. The van der Waals surface area contributed by atoms with Gasteiger partial charge in [-0.15, -0.1) is 0 Å². The van der Waals surface area contributed by atoms with Crippen molar-refractivity contribution >= 4 is 17.6 Å². The molecule has 0 spiro atoms. The summed E-state index contributed by atoms with van der Waals surface area (Å²) in [6, 6.07) is 17.9. The summed E-state index contributed by atoms with van der Waals surface area (Å²) in [5.41, 5.74) is 4.99. The summed E-state index contributed by atoms with van der Waals surface area (Å²) < 4.78 is 1.52. The average Bonchev–Trinajstić information content (AvgIpc) is 3.22. The van der Waals surface area contributed by atoms with Crippen molar-refractivity contribution in [2.75, 3.05) is 6.54 Å². The maximum atomic E-state index is 11.4. The number of aromatic nitrogens is 1. The molecule has 0 radical (unpaired) electrons. The lowest BCUT2D eigenvalue weighted by Crippen LogP contribution is -2.34. The van der Waals surface area contributed by atoms with Gasteiger partial charge in [0.15, 0.2) is 11.8 Å². The van der Waals surface area contributed by atoms with Gasteiger partial charge in [-0.1, -0.05) is 41.9 Å². The third-order valence-corrected chi connectivity index (χ3v) is 8.40. The van der Waals surface area contributed by atoms with Crippen LogP contribution in [-0.2, 0) is 24.3 Å². The standard InChI is InChI=1S/C31H39ClN2O4/c1-21-18-24(7-8-25(21)4-3-17-34-29(35)15-16-30(34)36)20-33(22(2)26-11-13-28(32)14-12-26)19-23-5-9-27(10-6-23)31(37)38/h7-8,11-16,18,22-23,27,35-36H,3-6,9-10,17,19-20H2,1-2H3,(H,37,38)/t22-,23?,27?/m0/s1. The number of halogens is 1. The fourth-order valence-electron chi connectivity index (χ4n) is 5.71. The van der Waals surface area contributed by atoms with Crippen LogP contribution < -0.4 is 0 Å². The summed E-state index contributed by atoms with van der Waals surface area (Å²) in [6.45, 7) is 6.68. The molecule has 4 rings (SSSR count). The van der Waals surface area contributed by atoms with Crippen molar-refractivity contribution in [2.45, 2.75) is 71.5 Å². The number of carbonyl (C=O) groups is 1. The molecule has 1 saturated carbocycles. The van der Waals surface area contributed by atoms with Crippen LogP contribution in [-0.4, -0.2) is 37.3 Å². The van der Waals surface area contributed by atoms with Crippen LogP contribution in [0.3, 0.4) is 0 Å².